The highest BCUT2D eigenvalue weighted by Crippen LogP contribution is 2.58. The third-order valence-electron chi connectivity index (χ3n) is 10.6. The third-order valence-corrected chi connectivity index (χ3v) is 10.6. The first-order chi connectivity index (χ1) is 22.3. The number of fused-ring (bicyclic) bond motifs is 9. The molecule has 224 valence electrons. The van der Waals surface area contributed by atoms with Gasteiger partial charge in [-0.3, -0.25) is 10.0 Å². The molecule has 7 aliphatic rings. The summed E-state index contributed by atoms with van der Waals surface area (Å²) in [6, 6.07) is 23.1. The standard InChI is InChI=1S/C42H36N3O/c1-24-19-25(2)21-27(20-24)43-34-22-26(42(3,4)5)17-18-33(34)45-41-35(43)23-37-38(30-12-7-9-16-36(30)46-37)39(41)31-14-10-13-29-28-11-6-8-15-32(28)44(45)40(29)31/h6-23,36,40-41H,1-5H3/q+1. The normalized spacial score (nSPS) is 24.2. The second-order valence-corrected chi connectivity index (χ2v) is 14.5. The molecule has 10 rings (SSSR count). The zero-order chi connectivity index (χ0) is 31.1. The third kappa shape index (κ3) is 3.31. The first-order valence-electron chi connectivity index (χ1n) is 16.5. The van der Waals surface area contributed by atoms with E-state index in [1.165, 1.54) is 78.6 Å². The average Bonchev–Trinajstić information content (AvgIpc) is 3.57. The van der Waals surface area contributed by atoms with Crippen LogP contribution in [-0.4, -0.2) is 23.9 Å². The molecule has 0 fully saturated rings. The van der Waals surface area contributed by atoms with Crippen LogP contribution in [0, 0.1) is 13.8 Å². The SMILES string of the molecule is Cc1cc(C)cc([N+]2=C3C=C4OC5C=CC=CC5=C4C4=C5C=CC=C6c7ccccc7N(C65)N(c5ccc(C(C)(C)C)cc52)C43)c1. The minimum atomic E-state index is -0.0699. The average molecular weight is 599 g/mol. The predicted molar refractivity (Wildman–Crippen MR) is 189 cm³/mol. The number of benzene rings is 3. The van der Waals surface area contributed by atoms with Gasteiger partial charge >= 0.3 is 0 Å². The molecule has 4 heteroatoms. The Balaban J connectivity index is 1.38. The van der Waals surface area contributed by atoms with Crippen molar-refractivity contribution in [3.8, 4) is 0 Å². The van der Waals surface area contributed by atoms with Gasteiger partial charge in [0.05, 0.1) is 11.8 Å². The van der Waals surface area contributed by atoms with Crippen molar-refractivity contribution >= 4 is 34.0 Å². The molecule has 0 bridgehead atoms. The molecule has 0 aromatic heterocycles. The van der Waals surface area contributed by atoms with Crippen molar-refractivity contribution in [1.29, 1.82) is 0 Å². The summed E-state index contributed by atoms with van der Waals surface area (Å²) in [5, 5.41) is 5.21. The van der Waals surface area contributed by atoms with Gasteiger partial charge in [-0.25, -0.2) is 0 Å². The van der Waals surface area contributed by atoms with E-state index in [1.807, 2.05) is 0 Å². The van der Waals surface area contributed by atoms with E-state index < -0.39 is 0 Å². The zero-order valence-corrected chi connectivity index (χ0v) is 26.9. The van der Waals surface area contributed by atoms with Gasteiger partial charge in [0.15, 0.2) is 6.04 Å². The van der Waals surface area contributed by atoms with Gasteiger partial charge in [0.2, 0.25) is 17.1 Å². The van der Waals surface area contributed by atoms with E-state index in [2.05, 4.69) is 158 Å². The molecule has 3 atom stereocenters. The smallest absolute Gasteiger partial charge is 0.237 e. The molecule has 3 aliphatic carbocycles. The van der Waals surface area contributed by atoms with Crippen LogP contribution in [0.1, 0.15) is 43.0 Å². The van der Waals surface area contributed by atoms with Crippen molar-refractivity contribution in [2.24, 2.45) is 0 Å². The van der Waals surface area contributed by atoms with Crippen molar-refractivity contribution in [3.63, 3.8) is 0 Å². The number of para-hydroxylation sites is 1. The van der Waals surface area contributed by atoms with Crippen LogP contribution < -0.4 is 14.6 Å². The number of rotatable bonds is 1. The topological polar surface area (TPSA) is 18.7 Å². The summed E-state index contributed by atoms with van der Waals surface area (Å²) in [7, 11) is 0. The van der Waals surface area contributed by atoms with Gasteiger partial charge in [-0.2, -0.15) is 4.58 Å². The Bertz CT molecular complexity index is 2190. The lowest BCUT2D eigenvalue weighted by Crippen LogP contribution is -2.63. The van der Waals surface area contributed by atoms with Gasteiger partial charge in [-0.1, -0.05) is 87.6 Å². The monoisotopic (exact) mass is 598 g/mol. The Morgan fingerprint density at radius 3 is 2.39 bits per heavy atom. The lowest BCUT2D eigenvalue weighted by molar-refractivity contribution is 0.213. The maximum absolute atomic E-state index is 6.81. The molecule has 4 heterocycles. The molecular weight excluding hydrogens is 562 g/mol. The van der Waals surface area contributed by atoms with Crippen LogP contribution in [0.4, 0.5) is 22.7 Å². The van der Waals surface area contributed by atoms with Gasteiger partial charge in [-0.05, 0) is 65.3 Å². The molecule has 0 radical (unpaired) electrons. The first-order valence-corrected chi connectivity index (χ1v) is 16.5. The highest BCUT2D eigenvalue weighted by atomic mass is 16.5. The molecule has 3 aromatic rings. The number of allylic oxidation sites excluding steroid dienone is 5. The summed E-state index contributed by atoms with van der Waals surface area (Å²) in [5.74, 6) is 0.975. The lowest BCUT2D eigenvalue weighted by atomic mass is 9.75. The van der Waals surface area contributed by atoms with Crippen LogP contribution in [-0.2, 0) is 10.2 Å². The minimum absolute atomic E-state index is 0.000722. The molecule has 0 saturated heterocycles. The highest BCUT2D eigenvalue weighted by Gasteiger charge is 2.58. The number of hydrogen-bond acceptors (Lipinski definition) is 3. The molecule has 4 aliphatic heterocycles. The number of hydrazine groups is 1. The Morgan fingerprint density at radius 2 is 1.57 bits per heavy atom. The fraction of sp³-hybridized carbons (Fsp3) is 0.214. The van der Waals surface area contributed by atoms with Crippen LogP contribution in [0.15, 0.2) is 137 Å². The van der Waals surface area contributed by atoms with E-state index in [4.69, 9.17) is 4.74 Å². The van der Waals surface area contributed by atoms with E-state index in [1.54, 1.807) is 0 Å². The number of hydrogen-bond donors (Lipinski definition) is 0. The van der Waals surface area contributed by atoms with E-state index in [0.29, 0.717) is 0 Å². The van der Waals surface area contributed by atoms with E-state index in [9.17, 15) is 0 Å². The molecular formula is C42H36N3O+. The number of ether oxygens (including phenoxy) is 1. The van der Waals surface area contributed by atoms with Gasteiger partial charge in [0.1, 0.15) is 23.6 Å². The van der Waals surface area contributed by atoms with E-state index in [0.717, 1.165) is 5.76 Å². The zero-order valence-electron chi connectivity index (χ0n) is 26.9. The Hall–Kier alpha value is -5.09. The van der Waals surface area contributed by atoms with Crippen LogP contribution in [0.2, 0.25) is 0 Å². The predicted octanol–water partition coefficient (Wildman–Crippen LogP) is 8.85. The van der Waals surface area contributed by atoms with Crippen molar-refractivity contribution in [3.05, 3.63) is 160 Å². The number of aryl methyl sites for hydroxylation is 2. The van der Waals surface area contributed by atoms with Crippen LogP contribution >= 0.6 is 0 Å². The van der Waals surface area contributed by atoms with Gasteiger partial charge < -0.3 is 4.74 Å². The molecule has 4 nitrogen and oxygen atoms in total. The Morgan fingerprint density at radius 1 is 0.783 bits per heavy atom. The van der Waals surface area contributed by atoms with Crippen LogP contribution in [0.3, 0.4) is 0 Å². The van der Waals surface area contributed by atoms with Crippen molar-refractivity contribution in [2.75, 3.05) is 10.0 Å². The Kier molecular flexibility index (Phi) is 5.00. The summed E-state index contributed by atoms with van der Waals surface area (Å²) < 4.78 is 9.35. The second kappa shape index (κ2) is 8.79. The number of nitrogens with zero attached hydrogens (tertiary/aromatic N) is 3. The van der Waals surface area contributed by atoms with Crippen LogP contribution in [0.5, 0.6) is 0 Å². The van der Waals surface area contributed by atoms with Gasteiger partial charge in [0, 0.05) is 40.5 Å². The Labute approximate surface area is 270 Å². The minimum Gasteiger partial charge on any atom is -0.481 e. The lowest BCUT2D eigenvalue weighted by Gasteiger charge is -2.52. The summed E-state index contributed by atoms with van der Waals surface area (Å²) in [6.07, 6.45) is 17.9. The highest BCUT2D eigenvalue weighted by molar-refractivity contribution is 6.15. The molecule has 0 saturated carbocycles. The summed E-state index contributed by atoms with van der Waals surface area (Å²) >= 11 is 0. The van der Waals surface area contributed by atoms with Gasteiger partial charge in [-0.15, -0.1) is 0 Å². The summed E-state index contributed by atoms with van der Waals surface area (Å²) in [5.41, 5.74) is 17.9. The summed E-state index contributed by atoms with van der Waals surface area (Å²) in [4.78, 5) is 0. The van der Waals surface area contributed by atoms with Crippen molar-refractivity contribution < 1.29 is 4.74 Å². The van der Waals surface area contributed by atoms with Crippen molar-refractivity contribution in [1.82, 2.24) is 4.58 Å². The van der Waals surface area contributed by atoms with Crippen LogP contribution in [0.25, 0.3) is 5.57 Å². The maximum atomic E-state index is 6.81. The second-order valence-electron chi connectivity index (χ2n) is 14.5. The molecule has 0 N–H and O–H groups in total. The molecule has 3 unspecified atom stereocenters. The number of anilines is 2. The van der Waals surface area contributed by atoms with E-state index >= 15 is 0 Å². The van der Waals surface area contributed by atoms with Crippen molar-refractivity contribution in [2.45, 2.75) is 58.2 Å². The molecule has 3 aromatic carbocycles. The summed E-state index contributed by atoms with van der Waals surface area (Å²) in [6.45, 7) is 11.3. The van der Waals surface area contributed by atoms with E-state index in [-0.39, 0.29) is 23.6 Å². The van der Waals surface area contributed by atoms with Gasteiger partial charge in [0.25, 0.3) is 0 Å². The fourth-order valence-electron chi connectivity index (χ4n) is 8.71. The largest absolute Gasteiger partial charge is 0.481 e. The molecule has 46 heavy (non-hydrogen) atoms. The first kappa shape index (κ1) is 26.2. The maximum Gasteiger partial charge on any atom is 0.237 e. The fourth-order valence-corrected chi connectivity index (χ4v) is 8.71. The molecule has 0 amide bonds. The quantitative estimate of drug-likeness (QED) is 0.261. The molecule has 0 spiro atoms.